The Balaban J connectivity index is 0.614. The number of rotatable bonds is 9. The van der Waals surface area contributed by atoms with E-state index in [1.165, 1.54) is 75.9 Å². The smallest absolute Gasteiger partial charge is 0.0979 e. The Morgan fingerprint density at radius 1 is 0.180 bits per heavy atom. The van der Waals surface area contributed by atoms with Crippen LogP contribution in [0.15, 0.2) is 316 Å². The Morgan fingerprint density at radius 3 is 1.19 bits per heavy atom. The van der Waals surface area contributed by atoms with Gasteiger partial charge in [-0.3, -0.25) is 19.9 Å². The molecule has 8 aromatic heterocycles. The Bertz CT molecular complexity index is 6920. The molecule has 0 N–H and O–H groups in total. The molecule has 100 heavy (non-hydrogen) atoms. The molecule has 0 amide bonds. The van der Waals surface area contributed by atoms with Gasteiger partial charge in [0.15, 0.2) is 0 Å². The van der Waals surface area contributed by atoms with E-state index in [-0.39, 0.29) is 0 Å². The van der Waals surface area contributed by atoms with Crippen molar-refractivity contribution in [2.45, 2.75) is 0 Å². The van der Waals surface area contributed by atoms with Crippen molar-refractivity contribution in [1.82, 2.24) is 39.9 Å². The van der Waals surface area contributed by atoms with Gasteiger partial charge in [-0.15, -0.1) is 0 Å². The van der Waals surface area contributed by atoms with Crippen molar-refractivity contribution in [3.63, 3.8) is 0 Å². The summed E-state index contributed by atoms with van der Waals surface area (Å²) < 4.78 is 0. The third kappa shape index (κ3) is 8.80. The van der Waals surface area contributed by atoms with Crippen LogP contribution in [0.3, 0.4) is 0 Å². The van der Waals surface area contributed by atoms with Gasteiger partial charge in [-0.1, -0.05) is 224 Å². The van der Waals surface area contributed by atoms with Gasteiger partial charge >= 0.3 is 0 Å². The van der Waals surface area contributed by atoms with E-state index in [4.69, 9.17) is 34.9 Å². The Labute approximate surface area is 572 Å². The van der Waals surface area contributed by atoms with Crippen LogP contribution in [-0.2, 0) is 0 Å². The average molecular weight is 1270 g/mol. The molecule has 0 saturated heterocycles. The number of hydrogen-bond donors (Lipinski definition) is 0. The zero-order valence-corrected chi connectivity index (χ0v) is 53.6. The second-order valence-corrected chi connectivity index (χ2v) is 26.1. The number of fused-ring (bicyclic) bond motifs is 7. The second-order valence-electron chi connectivity index (χ2n) is 26.1. The summed E-state index contributed by atoms with van der Waals surface area (Å²) in [4.78, 5) is 40.7. The van der Waals surface area contributed by atoms with Crippen molar-refractivity contribution in [3.05, 3.63) is 316 Å². The fourth-order valence-corrected chi connectivity index (χ4v) is 15.8. The van der Waals surface area contributed by atoms with Crippen LogP contribution in [0.25, 0.3) is 220 Å². The van der Waals surface area contributed by atoms with E-state index in [9.17, 15) is 0 Å². The summed E-state index contributed by atoms with van der Waals surface area (Å²) in [5, 5.41) is 19.7. The SMILES string of the molecule is c1ccc(-c2cc(-c3ccc(-c4ccc(-c5ccc6ccc7c(-c8ccc9ccc%10ccc(-c%11cccnc%11)nc%10c9n8)ccc8ccc5c6c87)cc4)nc3)c3ccc4ccc(-c5ccc6ccc7c(-c8ccc(-c9cccc%10cccnc9%10)cc8)ccc8ccc5c6c87)nc4c3n2)nc1. The van der Waals surface area contributed by atoms with Gasteiger partial charge in [0.05, 0.1) is 61.7 Å². The molecule has 0 aliphatic rings. The topological polar surface area (TPSA) is 103 Å². The summed E-state index contributed by atoms with van der Waals surface area (Å²) in [5.74, 6) is 0. The van der Waals surface area contributed by atoms with Gasteiger partial charge in [0.1, 0.15) is 0 Å². The third-order valence-corrected chi connectivity index (χ3v) is 20.6. The lowest BCUT2D eigenvalue weighted by atomic mass is 9.87. The van der Waals surface area contributed by atoms with Gasteiger partial charge in [-0.2, -0.15) is 0 Å². The van der Waals surface area contributed by atoms with Crippen LogP contribution in [-0.4, -0.2) is 39.9 Å². The predicted molar refractivity (Wildman–Crippen MR) is 413 cm³/mol. The van der Waals surface area contributed by atoms with Crippen LogP contribution >= 0.6 is 0 Å². The number of hydrogen-bond acceptors (Lipinski definition) is 8. The molecule has 0 bridgehead atoms. The van der Waals surface area contributed by atoms with Crippen LogP contribution in [0.2, 0.25) is 0 Å². The van der Waals surface area contributed by atoms with Gasteiger partial charge in [-0.25, -0.2) is 19.9 Å². The van der Waals surface area contributed by atoms with E-state index in [1.54, 1.807) is 6.20 Å². The number of aromatic nitrogens is 8. The third-order valence-electron chi connectivity index (χ3n) is 20.6. The van der Waals surface area contributed by atoms with Crippen LogP contribution in [0, 0.1) is 0 Å². The van der Waals surface area contributed by atoms with Crippen LogP contribution < -0.4 is 0 Å². The molecule has 0 unspecified atom stereocenters. The lowest BCUT2D eigenvalue weighted by Crippen LogP contribution is -1.95. The largest absolute Gasteiger partial charge is 0.264 e. The summed E-state index contributed by atoms with van der Waals surface area (Å²) in [5.41, 5.74) is 22.6. The highest BCUT2D eigenvalue weighted by atomic mass is 14.8. The van der Waals surface area contributed by atoms with Crippen molar-refractivity contribution < 1.29 is 0 Å². The first-order valence-electron chi connectivity index (χ1n) is 33.7. The molecule has 8 heteroatoms. The summed E-state index contributed by atoms with van der Waals surface area (Å²) in [6, 6.07) is 102. The summed E-state index contributed by atoms with van der Waals surface area (Å²) in [6.45, 7) is 0. The highest BCUT2D eigenvalue weighted by molar-refractivity contribution is 6.29. The maximum atomic E-state index is 5.59. The number of nitrogens with zero attached hydrogens (tertiary/aromatic N) is 8. The molecule has 460 valence electrons. The maximum Gasteiger partial charge on any atom is 0.0979 e. The van der Waals surface area contributed by atoms with Crippen molar-refractivity contribution in [2.75, 3.05) is 0 Å². The maximum absolute atomic E-state index is 5.59. The minimum Gasteiger partial charge on any atom is -0.264 e. The fraction of sp³-hybridized carbons (Fsp3) is 0. The van der Waals surface area contributed by atoms with Gasteiger partial charge in [0, 0.05) is 91.3 Å². The van der Waals surface area contributed by atoms with E-state index in [1.807, 2.05) is 61.2 Å². The highest BCUT2D eigenvalue weighted by Crippen LogP contribution is 2.46. The molecule has 13 aromatic carbocycles. The highest BCUT2D eigenvalue weighted by Gasteiger charge is 2.22. The summed E-state index contributed by atoms with van der Waals surface area (Å²) >= 11 is 0. The molecule has 0 aliphatic heterocycles. The second kappa shape index (κ2) is 22.0. The molecule has 8 nitrogen and oxygen atoms in total. The van der Waals surface area contributed by atoms with E-state index >= 15 is 0 Å². The zero-order chi connectivity index (χ0) is 65.5. The molecule has 0 atom stereocenters. The summed E-state index contributed by atoms with van der Waals surface area (Å²) in [6.07, 6.45) is 9.33. The standard InChI is InChI=1S/C92H52N8/c1-2-48-94-82(10-1)83-50-77(76-42-29-64-32-46-81(99-91(64)92(76)100-83)71-37-24-60-25-38-72-67(34-21-57-28-41-75(71)87(60)84(57)72)53-11-13-55(14-12-53)69-9-3-6-61-7-5-49-95-88(61)69)65-33-43-78(96-52-65)56-17-15-54(16-18-56)68-35-22-58-27-40-74-70(36-23-59-26-39-73(68)85(58)86(59)74)80-45-31-63-20-19-62-30-44-79(66-8-4-47-93-51-66)97-89(62)90(63)98-80/h1-52H. The predicted octanol–water partition coefficient (Wildman–Crippen LogP) is 23.4. The molecular weight excluding hydrogens is 1220 g/mol. The molecule has 0 spiro atoms. The minimum absolute atomic E-state index is 0.762. The first-order chi connectivity index (χ1) is 49.5. The Morgan fingerprint density at radius 2 is 0.620 bits per heavy atom. The first-order valence-corrected chi connectivity index (χ1v) is 33.7. The van der Waals surface area contributed by atoms with Crippen molar-refractivity contribution in [2.24, 2.45) is 0 Å². The van der Waals surface area contributed by atoms with E-state index in [0.717, 1.165) is 144 Å². The number of benzene rings is 13. The van der Waals surface area contributed by atoms with Crippen LogP contribution in [0.4, 0.5) is 0 Å². The van der Waals surface area contributed by atoms with Gasteiger partial charge in [-0.05, 0) is 159 Å². The molecule has 0 saturated carbocycles. The minimum atomic E-state index is 0.762. The lowest BCUT2D eigenvalue weighted by Gasteiger charge is -2.17. The molecule has 21 rings (SSSR count). The Kier molecular flexibility index (Phi) is 12.2. The number of para-hydroxylation sites is 1. The molecule has 8 heterocycles. The van der Waals surface area contributed by atoms with Gasteiger partial charge in [0.25, 0.3) is 0 Å². The monoisotopic (exact) mass is 1270 g/mol. The average Bonchev–Trinajstić information content (AvgIpc) is 0.731. The summed E-state index contributed by atoms with van der Waals surface area (Å²) in [7, 11) is 0. The lowest BCUT2D eigenvalue weighted by molar-refractivity contribution is 1.27. The van der Waals surface area contributed by atoms with Crippen LogP contribution in [0.5, 0.6) is 0 Å². The molecule has 0 fully saturated rings. The van der Waals surface area contributed by atoms with Gasteiger partial charge in [0.2, 0.25) is 0 Å². The Hall–Kier alpha value is -13.6. The first kappa shape index (κ1) is 55.7. The van der Waals surface area contributed by atoms with Gasteiger partial charge < -0.3 is 0 Å². The molecule has 0 aliphatic carbocycles. The quantitative estimate of drug-likeness (QED) is 0.132. The van der Waals surface area contributed by atoms with Crippen molar-refractivity contribution >= 4 is 119 Å². The molecular formula is C92H52N8. The van der Waals surface area contributed by atoms with Crippen LogP contribution in [0.1, 0.15) is 0 Å². The molecule has 0 radical (unpaired) electrons. The molecule has 21 aromatic rings. The zero-order valence-electron chi connectivity index (χ0n) is 53.6. The van der Waals surface area contributed by atoms with E-state index in [0.29, 0.717) is 0 Å². The van der Waals surface area contributed by atoms with Crippen molar-refractivity contribution in [3.8, 4) is 101 Å². The van der Waals surface area contributed by atoms with E-state index in [2.05, 4.69) is 254 Å². The van der Waals surface area contributed by atoms with Crippen molar-refractivity contribution in [1.29, 1.82) is 0 Å². The normalized spacial score (nSPS) is 12.0. The number of pyridine rings is 8. The van der Waals surface area contributed by atoms with E-state index < -0.39 is 0 Å². The fourth-order valence-electron chi connectivity index (χ4n) is 15.8.